The summed E-state index contributed by atoms with van der Waals surface area (Å²) in [5, 5.41) is 0. The quantitative estimate of drug-likeness (QED) is 0.521. The van der Waals surface area contributed by atoms with Crippen molar-refractivity contribution in [2.75, 3.05) is 26.2 Å². The molecule has 0 atom stereocenters. The van der Waals surface area contributed by atoms with Crippen molar-refractivity contribution in [3.8, 4) is 5.75 Å². The largest absolute Gasteiger partial charge is 0.492 e. The number of aliphatic imine (C=N–C) groups is 1. The average molecular weight is 275 g/mol. The molecule has 4 heteroatoms. The van der Waals surface area contributed by atoms with Gasteiger partial charge in [0.2, 0.25) is 0 Å². The minimum absolute atomic E-state index is 0.563. The predicted octanol–water partition coefficient (Wildman–Crippen LogP) is 2.42. The summed E-state index contributed by atoms with van der Waals surface area (Å²) in [7, 11) is 0. The van der Waals surface area contributed by atoms with E-state index in [1.807, 2.05) is 24.3 Å². The molecule has 0 spiro atoms. The predicted molar refractivity (Wildman–Crippen MR) is 83.1 cm³/mol. The number of nitrogens with two attached hydrogens (primary N) is 1. The Bertz CT molecular complexity index is 434. The fourth-order valence-corrected chi connectivity index (χ4v) is 2.30. The molecule has 1 aliphatic rings. The van der Waals surface area contributed by atoms with E-state index in [4.69, 9.17) is 10.5 Å². The molecule has 2 N–H and O–H groups in total. The Kier molecular flexibility index (Phi) is 5.27. The first-order valence-corrected chi connectivity index (χ1v) is 7.39. The summed E-state index contributed by atoms with van der Waals surface area (Å²) in [6.07, 6.45) is 2.41. The highest BCUT2D eigenvalue weighted by atomic mass is 16.5. The van der Waals surface area contributed by atoms with Crippen LogP contribution in [-0.4, -0.2) is 37.1 Å². The molecule has 0 unspecified atom stereocenters. The number of hydrogen-bond acceptors (Lipinski definition) is 2. The number of ether oxygens (including phenoxy) is 1. The van der Waals surface area contributed by atoms with Crippen LogP contribution in [0.5, 0.6) is 5.75 Å². The van der Waals surface area contributed by atoms with E-state index in [1.54, 1.807) is 0 Å². The molecule has 1 aromatic carbocycles. The summed E-state index contributed by atoms with van der Waals surface area (Å²) < 4.78 is 5.63. The van der Waals surface area contributed by atoms with Gasteiger partial charge in [-0.25, -0.2) is 4.99 Å². The molecule has 1 aromatic rings. The molecular weight excluding hydrogens is 250 g/mol. The van der Waals surface area contributed by atoms with Crippen molar-refractivity contribution in [3.63, 3.8) is 0 Å². The van der Waals surface area contributed by atoms with Gasteiger partial charge < -0.3 is 15.4 Å². The lowest BCUT2D eigenvalue weighted by atomic mass is 10.00. The first kappa shape index (κ1) is 14.7. The molecule has 1 heterocycles. The van der Waals surface area contributed by atoms with Crippen LogP contribution in [0.1, 0.15) is 25.3 Å². The Labute approximate surface area is 121 Å². The fraction of sp³-hybridized carbons (Fsp3) is 0.562. The standard InChI is InChI=1S/C16H25N3O/c1-13-3-5-15(6-4-13)20-12-9-18-16(17)19-10-7-14(2)8-11-19/h3-6,14H,7-12H2,1-2H3,(H2,17,18). The average Bonchev–Trinajstić information content (AvgIpc) is 2.46. The van der Waals surface area contributed by atoms with Gasteiger partial charge in [0.25, 0.3) is 0 Å². The van der Waals surface area contributed by atoms with Crippen LogP contribution in [0.2, 0.25) is 0 Å². The number of piperidine rings is 1. The molecule has 4 nitrogen and oxygen atoms in total. The van der Waals surface area contributed by atoms with Crippen molar-refractivity contribution in [3.05, 3.63) is 29.8 Å². The number of nitrogens with zero attached hydrogens (tertiary/aromatic N) is 2. The Morgan fingerprint density at radius 3 is 2.60 bits per heavy atom. The number of hydrogen-bond donors (Lipinski definition) is 1. The third kappa shape index (κ3) is 4.44. The first-order valence-electron chi connectivity index (χ1n) is 7.39. The smallest absolute Gasteiger partial charge is 0.191 e. The summed E-state index contributed by atoms with van der Waals surface area (Å²) in [6.45, 7) is 7.57. The molecule has 0 amide bonds. The number of guanidine groups is 1. The number of likely N-dealkylation sites (tertiary alicyclic amines) is 1. The van der Waals surface area contributed by atoms with Crippen molar-refractivity contribution >= 4 is 5.96 Å². The van der Waals surface area contributed by atoms with Crippen molar-refractivity contribution in [1.82, 2.24) is 4.90 Å². The van der Waals surface area contributed by atoms with Crippen molar-refractivity contribution in [2.24, 2.45) is 16.6 Å². The molecule has 2 rings (SSSR count). The van der Waals surface area contributed by atoms with E-state index in [0.29, 0.717) is 19.1 Å². The minimum Gasteiger partial charge on any atom is -0.492 e. The maximum Gasteiger partial charge on any atom is 0.191 e. The monoisotopic (exact) mass is 275 g/mol. The van der Waals surface area contributed by atoms with Gasteiger partial charge in [-0.3, -0.25) is 0 Å². The van der Waals surface area contributed by atoms with E-state index in [9.17, 15) is 0 Å². The highest BCUT2D eigenvalue weighted by Crippen LogP contribution is 2.15. The van der Waals surface area contributed by atoms with Gasteiger partial charge >= 0.3 is 0 Å². The summed E-state index contributed by atoms with van der Waals surface area (Å²) >= 11 is 0. The molecule has 1 aliphatic heterocycles. The van der Waals surface area contributed by atoms with Gasteiger partial charge in [0, 0.05) is 13.1 Å². The molecule has 0 radical (unpaired) electrons. The van der Waals surface area contributed by atoms with E-state index in [1.165, 1.54) is 18.4 Å². The zero-order valence-electron chi connectivity index (χ0n) is 12.5. The van der Waals surface area contributed by atoms with Crippen LogP contribution in [-0.2, 0) is 0 Å². The highest BCUT2D eigenvalue weighted by molar-refractivity contribution is 5.78. The van der Waals surface area contributed by atoms with Crippen LogP contribution < -0.4 is 10.5 Å². The number of rotatable bonds is 4. The second-order valence-electron chi connectivity index (χ2n) is 5.57. The summed E-state index contributed by atoms with van der Waals surface area (Å²) in [5.74, 6) is 2.35. The normalized spacial score (nSPS) is 17.3. The van der Waals surface area contributed by atoms with Gasteiger partial charge in [0.1, 0.15) is 12.4 Å². The zero-order valence-corrected chi connectivity index (χ0v) is 12.5. The van der Waals surface area contributed by atoms with Crippen LogP contribution in [0.25, 0.3) is 0 Å². The van der Waals surface area contributed by atoms with Gasteiger partial charge in [-0.15, -0.1) is 0 Å². The van der Waals surface area contributed by atoms with Crippen molar-refractivity contribution in [1.29, 1.82) is 0 Å². The molecule has 0 aromatic heterocycles. The molecule has 0 aliphatic carbocycles. The van der Waals surface area contributed by atoms with Gasteiger partial charge in [-0.05, 0) is 37.8 Å². The third-order valence-corrected chi connectivity index (χ3v) is 3.76. The van der Waals surface area contributed by atoms with Crippen LogP contribution in [0.15, 0.2) is 29.3 Å². The summed E-state index contributed by atoms with van der Waals surface area (Å²) in [4.78, 5) is 6.57. The van der Waals surface area contributed by atoms with E-state index < -0.39 is 0 Å². The van der Waals surface area contributed by atoms with Crippen molar-refractivity contribution in [2.45, 2.75) is 26.7 Å². The molecule has 0 saturated carbocycles. The maximum absolute atomic E-state index is 6.01. The highest BCUT2D eigenvalue weighted by Gasteiger charge is 2.16. The van der Waals surface area contributed by atoms with Crippen molar-refractivity contribution < 1.29 is 4.74 Å². The maximum atomic E-state index is 6.01. The lowest BCUT2D eigenvalue weighted by molar-refractivity contribution is 0.276. The zero-order chi connectivity index (χ0) is 14.4. The van der Waals surface area contributed by atoms with Crippen LogP contribution in [0.3, 0.4) is 0 Å². The third-order valence-electron chi connectivity index (χ3n) is 3.76. The minimum atomic E-state index is 0.563. The molecule has 110 valence electrons. The van der Waals surface area contributed by atoms with Gasteiger partial charge in [-0.2, -0.15) is 0 Å². The lowest BCUT2D eigenvalue weighted by Crippen LogP contribution is -2.42. The lowest BCUT2D eigenvalue weighted by Gasteiger charge is -2.31. The van der Waals surface area contributed by atoms with E-state index in [0.717, 1.165) is 24.8 Å². The first-order chi connectivity index (χ1) is 9.65. The Morgan fingerprint density at radius 2 is 1.95 bits per heavy atom. The second-order valence-corrected chi connectivity index (χ2v) is 5.57. The number of benzene rings is 1. The van der Waals surface area contributed by atoms with E-state index in [2.05, 4.69) is 23.7 Å². The topological polar surface area (TPSA) is 50.9 Å². The van der Waals surface area contributed by atoms with Gasteiger partial charge in [-0.1, -0.05) is 24.6 Å². The molecule has 0 bridgehead atoms. The summed E-state index contributed by atoms with van der Waals surface area (Å²) in [5.41, 5.74) is 7.25. The fourth-order valence-electron chi connectivity index (χ4n) is 2.30. The Hall–Kier alpha value is -1.71. The summed E-state index contributed by atoms with van der Waals surface area (Å²) in [6, 6.07) is 8.05. The van der Waals surface area contributed by atoms with Crippen LogP contribution in [0.4, 0.5) is 0 Å². The molecule has 1 saturated heterocycles. The van der Waals surface area contributed by atoms with E-state index in [-0.39, 0.29) is 0 Å². The van der Waals surface area contributed by atoms with E-state index >= 15 is 0 Å². The van der Waals surface area contributed by atoms with Gasteiger partial charge in [0.15, 0.2) is 5.96 Å². The molecular formula is C16H25N3O. The molecule has 20 heavy (non-hydrogen) atoms. The Balaban J connectivity index is 1.71. The SMILES string of the molecule is Cc1ccc(OCCN=C(N)N2CCC(C)CC2)cc1. The van der Waals surface area contributed by atoms with Gasteiger partial charge in [0.05, 0.1) is 6.54 Å². The number of aryl methyl sites for hydroxylation is 1. The molecule has 1 fully saturated rings. The second kappa shape index (κ2) is 7.17. The van der Waals surface area contributed by atoms with Crippen LogP contribution in [0, 0.1) is 12.8 Å². The Morgan fingerprint density at radius 1 is 1.30 bits per heavy atom. The van der Waals surface area contributed by atoms with Crippen LogP contribution >= 0.6 is 0 Å².